The first-order chi connectivity index (χ1) is 9.08. The minimum absolute atomic E-state index is 0.0369. The van der Waals surface area contributed by atoms with E-state index in [1.165, 1.54) is 0 Å². The highest BCUT2D eigenvalue weighted by Crippen LogP contribution is 2.28. The molecule has 0 unspecified atom stereocenters. The van der Waals surface area contributed by atoms with Crippen LogP contribution in [0.25, 0.3) is 0 Å². The highest BCUT2D eigenvalue weighted by Gasteiger charge is 2.25. The molecule has 1 fully saturated rings. The Balaban J connectivity index is 1.96. The van der Waals surface area contributed by atoms with E-state index in [1.807, 2.05) is 30.4 Å². The summed E-state index contributed by atoms with van der Waals surface area (Å²) in [4.78, 5) is 15.3. The quantitative estimate of drug-likeness (QED) is 0.889. The molecule has 4 nitrogen and oxygen atoms in total. The van der Waals surface area contributed by atoms with E-state index in [1.54, 1.807) is 11.3 Å². The number of ether oxygens (including phenoxy) is 1. The fourth-order valence-corrected chi connectivity index (χ4v) is 3.84. The lowest BCUT2D eigenvalue weighted by Crippen LogP contribution is -2.39. The van der Waals surface area contributed by atoms with Crippen molar-refractivity contribution < 1.29 is 9.53 Å². The van der Waals surface area contributed by atoms with E-state index < -0.39 is 0 Å². The van der Waals surface area contributed by atoms with Crippen LogP contribution in [0.2, 0.25) is 0 Å². The summed E-state index contributed by atoms with van der Waals surface area (Å²) in [6.07, 6.45) is 2.31. The van der Waals surface area contributed by atoms with Crippen molar-refractivity contribution in [3.63, 3.8) is 0 Å². The van der Waals surface area contributed by atoms with Gasteiger partial charge >= 0.3 is 0 Å². The van der Waals surface area contributed by atoms with Crippen molar-refractivity contribution in [2.24, 2.45) is 0 Å². The van der Waals surface area contributed by atoms with Crippen molar-refractivity contribution in [2.75, 3.05) is 27.2 Å². The molecule has 19 heavy (non-hydrogen) atoms. The van der Waals surface area contributed by atoms with E-state index in [4.69, 9.17) is 4.74 Å². The molecule has 1 aromatic heterocycles. The van der Waals surface area contributed by atoms with Gasteiger partial charge in [-0.15, -0.1) is 11.3 Å². The maximum absolute atomic E-state index is 12.3. The number of hydrogen-bond donors (Lipinski definition) is 1. The average molecular weight is 347 g/mol. The first-order valence-corrected chi connectivity index (χ1v) is 8.05. The average Bonchev–Trinajstić information content (AvgIpc) is 2.98. The molecule has 0 aliphatic carbocycles. The highest BCUT2D eigenvalue weighted by atomic mass is 79.9. The number of thiophene rings is 1. The van der Waals surface area contributed by atoms with Gasteiger partial charge in [0.05, 0.1) is 6.10 Å². The summed E-state index contributed by atoms with van der Waals surface area (Å²) >= 11 is 5.02. The number of halogens is 1. The molecule has 0 saturated carbocycles. The van der Waals surface area contributed by atoms with Crippen molar-refractivity contribution in [1.29, 1.82) is 0 Å². The van der Waals surface area contributed by atoms with Gasteiger partial charge in [-0.1, -0.05) is 0 Å². The second kappa shape index (κ2) is 6.83. The molecule has 0 aromatic carbocycles. The van der Waals surface area contributed by atoms with E-state index in [2.05, 4.69) is 21.2 Å². The van der Waals surface area contributed by atoms with E-state index in [0.717, 1.165) is 28.8 Å². The third-order valence-corrected chi connectivity index (χ3v) is 4.90. The molecule has 2 rings (SSSR count). The van der Waals surface area contributed by atoms with E-state index in [-0.39, 0.29) is 18.1 Å². The number of hydrogen-bond acceptors (Lipinski definition) is 4. The largest absolute Gasteiger partial charge is 0.376 e. The summed E-state index contributed by atoms with van der Waals surface area (Å²) < 4.78 is 6.54. The van der Waals surface area contributed by atoms with E-state index >= 15 is 0 Å². The molecule has 2 heterocycles. The Bertz CT molecular complexity index is 430. The second-order valence-electron chi connectivity index (χ2n) is 4.91. The molecule has 106 valence electrons. The molecular weight excluding hydrogens is 328 g/mol. The van der Waals surface area contributed by atoms with Gasteiger partial charge in [-0.3, -0.25) is 9.69 Å². The van der Waals surface area contributed by atoms with Crippen LogP contribution in [0, 0.1) is 0 Å². The third-order valence-electron chi connectivity index (χ3n) is 3.15. The molecule has 1 aliphatic heterocycles. The monoisotopic (exact) mass is 346 g/mol. The zero-order chi connectivity index (χ0) is 13.8. The molecule has 6 heteroatoms. The smallest absolute Gasteiger partial charge is 0.242 e. The Labute approximate surface area is 126 Å². The van der Waals surface area contributed by atoms with Crippen LogP contribution in [-0.2, 0) is 9.53 Å². The first kappa shape index (κ1) is 15.0. The molecule has 1 saturated heterocycles. The number of carbonyl (C=O) groups excluding carboxylic acids is 1. The summed E-state index contributed by atoms with van der Waals surface area (Å²) in [7, 11) is 3.84. The zero-order valence-corrected chi connectivity index (χ0v) is 13.6. The van der Waals surface area contributed by atoms with Gasteiger partial charge in [0.25, 0.3) is 0 Å². The topological polar surface area (TPSA) is 41.6 Å². The number of nitrogens with one attached hydrogen (secondary N) is 1. The molecule has 0 bridgehead atoms. The highest BCUT2D eigenvalue weighted by molar-refractivity contribution is 9.10. The van der Waals surface area contributed by atoms with Crippen LogP contribution in [0.5, 0.6) is 0 Å². The lowest BCUT2D eigenvalue weighted by molar-refractivity contribution is -0.126. The van der Waals surface area contributed by atoms with Gasteiger partial charge in [0.1, 0.15) is 6.04 Å². The van der Waals surface area contributed by atoms with Crippen LogP contribution in [0.4, 0.5) is 0 Å². The third kappa shape index (κ3) is 4.02. The number of amides is 1. The van der Waals surface area contributed by atoms with Crippen LogP contribution in [0.15, 0.2) is 15.9 Å². The Morgan fingerprint density at radius 3 is 3.00 bits per heavy atom. The summed E-state index contributed by atoms with van der Waals surface area (Å²) in [5.41, 5.74) is 0. The SMILES string of the molecule is CN(C)[C@H](C(=O)NC[C@@H]1CCCO1)c1cc(Br)cs1. The molecular formula is C13H19BrN2O2S. The fourth-order valence-electron chi connectivity index (χ4n) is 2.21. The molecule has 2 atom stereocenters. The summed E-state index contributed by atoms with van der Waals surface area (Å²) in [5.74, 6) is 0.0369. The Morgan fingerprint density at radius 1 is 1.68 bits per heavy atom. The summed E-state index contributed by atoms with van der Waals surface area (Å²) in [5, 5.41) is 5.00. The number of likely N-dealkylation sites (N-methyl/N-ethyl adjacent to an activating group) is 1. The molecule has 1 aliphatic rings. The van der Waals surface area contributed by atoms with Gasteiger partial charge in [-0.2, -0.15) is 0 Å². The normalized spacial score (nSPS) is 20.7. The van der Waals surface area contributed by atoms with Crippen LogP contribution < -0.4 is 5.32 Å². The van der Waals surface area contributed by atoms with E-state index in [9.17, 15) is 4.79 Å². The second-order valence-corrected chi connectivity index (χ2v) is 6.77. The van der Waals surface area contributed by atoms with Crippen LogP contribution >= 0.6 is 27.3 Å². The van der Waals surface area contributed by atoms with Gasteiger partial charge in [-0.05, 0) is 48.9 Å². The Kier molecular flexibility index (Phi) is 5.38. The molecule has 1 aromatic rings. The predicted molar refractivity (Wildman–Crippen MR) is 80.4 cm³/mol. The van der Waals surface area contributed by atoms with Crippen LogP contribution in [-0.4, -0.2) is 44.2 Å². The van der Waals surface area contributed by atoms with Crippen molar-refractivity contribution in [2.45, 2.75) is 25.0 Å². The number of nitrogens with zero attached hydrogens (tertiary/aromatic N) is 1. The molecule has 0 radical (unpaired) electrons. The van der Waals surface area contributed by atoms with Crippen LogP contribution in [0.1, 0.15) is 23.8 Å². The fraction of sp³-hybridized carbons (Fsp3) is 0.615. The van der Waals surface area contributed by atoms with Gasteiger partial charge in [0.2, 0.25) is 5.91 Å². The van der Waals surface area contributed by atoms with Gasteiger partial charge in [0, 0.05) is 27.9 Å². The summed E-state index contributed by atoms with van der Waals surface area (Å²) in [6, 6.07) is 1.76. The van der Waals surface area contributed by atoms with E-state index in [0.29, 0.717) is 6.54 Å². The zero-order valence-electron chi connectivity index (χ0n) is 11.2. The maximum atomic E-state index is 12.3. The lowest BCUT2D eigenvalue weighted by atomic mass is 10.2. The molecule has 0 spiro atoms. The molecule has 1 N–H and O–H groups in total. The minimum atomic E-state index is -0.238. The molecule has 1 amide bonds. The van der Waals surface area contributed by atoms with Gasteiger partial charge < -0.3 is 10.1 Å². The van der Waals surface area contributed by atoms with Crippen molar-refractivity contribution in [1.82, 2.24) is 10.2 Å². The minimum Gasteiger partial charge on any atom is -0.376 e. The van der Waals surface area contributed by atoms with Crippen molar-refractivity contribution in [3.8, 4) is 0 Å². The lowest BCUT2D eigenvalue weighted by Gasteiger charge is -2.23. The first-order valence-electron chi connectivity index (χ1n) is 6.37. The van der Waals surface area contributed by atoms with Crippen LogP contribution in [0.3, 0.4) is 0 Å². The Hall–Kier alpha value is -0.430. The van der Waals surface area contributed by atoms with Crippen molar-refractivity contribution in [3.05, 3.63) is 20.8 Å². The predicted octanol–water partition coefficient (Wildman–Crippen LogP) is 2.41. The van der Waals surface area contributed by atoms with Gasteiger partial charge in [0.15, 0.2) is 0 Å². The van der Waals surface area contributed by atoms with Gasteiger partial charge in [-0.25, -0.2) is 0 Å². The maximum Gasteiger partial charge on any atom is 0.242 e. The summed E-state index contributed by atoms with van der Waals surface area (Å²) in [6.45, 7) is 1.42. The number of rotatable bonds is 5. The Morgan fingerprint density at radius 2 is 2.47 bits per heavy atom. The standard InChI is InChI=1S/C13H19BrN2O2S/c1-16(2)12(11-6-9(14)8-19-11)13(17)15-7-10-4-3-5-18-10/h6,8,10,12H,3-5,7H2,1-2H3,(H,15,17)/t10-,12-/m0/s1. The van der Waals surface area contributed by atoms with Crippen molar-refractivity contribution >= 4 is 33.2 Å². The number of carbonyl (C=O) groups is 1.